The molecule has 0 spiro atoms. The molecular formula is C15H25FN2. The Hall–Kier alpha value is -1.09. The SMILES string of the molecule is CCNCC(C)(C)CN(CC)c1ccccc1F. The quantitative estimate of drug-likeness (QED) is 0.801. The van der Waals surface area contributed by atoms with Crippen LogP contribution < -0.4 is 10.2 Å². The molecule has 2 nitrogen and oxygen atoms in total. The molecule has 0 saturated heterocycles. The van der Waals surface area contributed by atoms with Crippen LogP contribution >= 0.6 is 0 Å². The zero-order valence-electron chi connectivity index (χ0n) is 12.0. The van der Waals surface area contributed by atoms with E-state index in [1.165, 1.54) is 6.07 Å². The molecule has 0 aliphatic heterocycles. The Labute approximate surface area is 110 Å². The van der Waals surface area contributed by atoms with Crippen molar-refractivity contribution in [3.63, 3.8) is 0 Å². The molecule has 0 aromatic heterocycles. The summed E-state index contributed by atoms with van der Waals surface area (Å²) in [6.45, 7) is 12.1. The van der Waals surface area contributed by atoms with Crippen molar-refractivity contribution in [2.75, 3.05) is 31.1 Å². The molecule has 1 rings (SSSR count). The molecule has 1 N–H and O–H groups in total. The molecule has 0 aliphatic rings. The summed E-state index contributed by atoms with van der Waals surface area (Å²) in [7, 11) is 0. The van der Waals surface area contributed by atoms with Gasteiger partial charge in [-0.3, -0.25) is 0 Å². The Morgan fingerprint density at radius 1 is 1.22 bits per heavy atom. The highest BCUT2D eigenvalue weighted by Gasteiger charge is 2.22. The zero-order valence-corrected chi connectivity index (χ0v) is 12.0. The fraction of sp³-hybridized carbons (Fsp3) is 0.600. The number of para-hydroxylation sites is 1. The zero-order chi connectivity index (χ0) is 13.6. The third-order valence-corrected chi connectivity index (χ3v) is 3.05. The van der Waals surface area contributed by atoms with Gasteiger partial charge in [0, 0.05) is 19.6 Å². The van der Waals surface area contributed by atoms with Crippen molar-refractivity contribution in [1.82, 2.24) is 5.32 Å². The van der Waals surface area contributed by atoms with Gasteiger partial charge in [0.25, 0.3) is 0 Å². The minimum atomic E-state index is -0.140. The van der Waals surface area contributed by atoms with E-state index < -0.39 is 0 Å². The molecule has 0 unspecified atom stereocenters. The topological polar surface area (TPSA) is 15.3 Å². The lowest BCUT2D eigenvalue weighted by Gasteiger charge is -2.34. The van der Waals surface area contributed by atoms with Crippen LogP contribution in [0.4, 0.5) is 10.1 Å². The summed E-state index contributed by atoms with van der Waals surface area (Å²) in [5, 5.41) is 3.36. The van der Waals surface area contributed by atoms with E-state index in [1.54, 1.807) is 6.07 Å². The van der Waals surface area contributed by atoms with Gasteiger partial charge in [0.15, 0.2) is 0 Å². The largest absolute Gasteiger partial charge is 0.369 e. The summed E-state index contributed by atoms with van der Waals surface area (Å²) in [6, 6.07) is 6.99. The van der Waals surface area contributed by atoms with Gasteiger partial charge in [-0.25, -0.2) is 4.39 Å². The van der Waals surface area contributed by atoms with Gasteiger partial charge in [-0.15, -0.1) is 0 Å². The van der Waals surface area contributed by atoms with E-state index >= 15 is 0 Å². The average molecular weight is 252 g/mol. The lowest BCUT2D eigenvalue weighted by molar-refractivity contribution is 0.345. The van der Waals surface area contributed by atoms with Crippen LogP contribution in [0.3, 0.4) is 0 Å². The first kappa shape index (κ1) is 15.0. The van der Waals surface area contributed by atoms with Crippen LogP contribution in [-0.4, -0.2) is 26.2 Å². The predicted octanol–water partition coefficient (Wildman–Crippen LogP) is 3.29. The number of nitrogens with one attached hydrogen (secondary N) is 1. The van der Waals surface area contributed by atoms with Crippen molar-refractivity contribution in [2.24, 2.45) is 5.41 Å². The lowest BCUT2D eigenvalue weighted by Crippen LogP contribution is -2.40. The summed E-state index contributed by atoms with van der Waals surface area (Å²) in [4.78, 5) is 2.10. The Morgan fingerprint density at radius 3 is 2.44 bits per heavy atom. The van der Waals surface area contributed by atoms with Gasteiger partial charge in [0.2, 0.25) is 0 Å². The molecule has 0 fully saturated rings. The number of hydrogen-bond acceptors (Lipinski definition) is 2. The van der Waals surface area contributed by atoms with Crippen LogP contribution in [0, 0.1) is 11.2 Å². The third-order valence-electron chi connectivity index (χ3n) is 3.05. The molecule has 0 heterocycles. The number of nitrogens with zero attached hydrogens (tertiary/aromatic N) is 1. The molecule has 0 amide bonds. The van der Waals surface area contributed by atoms with Gasteiger partial charge in [-0.05, 0) is 31.0 Å². The maximum atomic E-state index is 13.8. The fourth-order valence-corrected chi connectivity index (χ4v) is 2.11. The number of hydrogen-bond donors (Lipinski definition) is 1. The average Bonchev–Trinajstić information content (AvgIpc) is 2.34. The molecule has 0 saturated carbocycles. The monoisotopic (exact) mass is 252 g/mol. The molecule has 3 heteroatoms. The third kappa shape index (κ3) is 4.30. The van der Waals surface area contributed by atoms with E-state index in [9.17, 15) is 4.39 Å². The second kappa shape index (κ2) is 6.74. The summed E-state index contributed by atoms with van der Waals surface area (Å²) in [5.74, 6) is -0.140. The van der Waals surface area contributed by atoms with Gasteiger partial charge < -0.3 is 10.2 Å². The molecule has 1 aromatic carbocycles. The smallest absolute Gasteiger partial charge is 0.146 e. The predicted molar refractivity (Wildman–Crippen MR) is 76.6 cm³/mol. The first-order valence-electron chi connectivity index (χ1n) is 6.70. The van der Waals surface area contributed by atoms with Crippen molar-refractivity contribution < 1.29 is 4.39 Å². The van der Waals surface area contributed by atoms with Crippen LogP contribution in [0.5, 0.6) is 0 Å². The second-order valence-electron chi connectivity index (χ2n) is 5.41. The van der Waals surface area contributed by atoms with E-state index in [1.807, 2.05) is 12.1 Å². The molecule has 0 atom stereocenters. The molecule has 0 radical (unpaired) electrons. The standard InChI is InChI=1S/C15H25FN2/c1-5-17-11-15(3,4)12-18(6-2)14-10-8-7-9-13(14)16/h7-10,17H,5-6,11-12H2,1-4H3. The van der Waals surface area contributed by atoms with Gasteiger partial charge in [-0.2, -0.15) is 0 Å². The summed E-state index contributed by atoms with van der Waals surface area (Å²) in [5.41, 5.74) is 0.818. The lowest BCUT2D eigenvalue weighted by atomic mass is 9.92. The Kier molecular flexibility index (Phi) is 5.60. The van der Waals surface area contributed by atoms with Crippen molar-refractivity contribution in [1.29, 1.82) is 0 Å². The second-order valence-corrected chi connectivity index (χ2v) is 5.41. The summed E-state index contributed by atoms with van der Waals surface area (Å²) in [6.07, 6.45) is 0. The van der Waals surface area contributed by atoms with E-state index in [-0.39, 0.29) is 11.2 Å². The van der Waals surface area contributed by atoms with E-state index in [0.717, 1.165) is 26.2 Å². The molecular weight excluding hydrogens is 227 g/mol. The molecule has 0 bridgehead atoms. The number of rotatable bonds is 7. The van der Waals surface area contributed by atoms with Crippen LogP contribution in [-0.2, 0) is 0 Å². The fourth-order valence-electron chi connectivity index (χ4n) is 2.11. The molecule has 18 heavy (non-hydrogen) atoms. The minimum Gasteiger partial charge on any atom is -0.369 e. The minimum absolute atomic E-state index is 0.119. The van der Waals surface area contributed by atoms with Gasteiger partial charge in [0.1, 0.15) is 5.82 Å². The van der Waals surface area contributed by atoms with E-state index in [0.29, 0.717) is 5.69 Å². The maximum Gasteiger partial charge on any atom is 0.146 e. The van der Waals surface area contributed by atoms with Crippen LogP contribution in [0.15, 0.2) is 24.3 Å². The first-order valence-corrected chi connectivity index (χ1v) is 6.70. The normalized spacial score (nSPS) is 11.6. The Bertz CT molecular complexity index is 363. The summed E-state index contributed by atoms with van der Waals surface area (Å²) >= 11 is 0. The highest BCUT2D eigenvalue weighted by molar-refractivity contribution is 5.47. The van der Waals surface area contributed by atoms with Gasteiger partial charge >= 0.3 is 0 Å². The highest BCUT2D eigenvalue weighted by Crippen LogP contribution is 2.23. The highest BCUT2D eigenvalue weighted by atomic mass is 19.1. The molecule has 102 valence electrons. The summed E-state index contributed by atoms with van der Waals surface area (Å²) < 4.78 is 13.8. The van der Waals surface area contributed by atoms with Crippen LogP contribution in [0.25, 0.3) is 0 Å². The van der Waals surface area contributed by atoms with Crippen LogP contribution in [0.1, 0.15) is 27.7 Å². The van der Waals surface area contributed by atoms with Crippen LogP contribution in [0.2, 0.25) is 0 Å². The van der Waals surface area contributed by atoms with Crippen molar-refractivity contribution in [2.45, 2.75) is 27.7 Å². The van der Waals surface area contributed by atoms with Crippen molar-refractivity contribution in [3.05, 3.63) is 30.1 Å². The maximum absolute atomic E-state index is 13.8. The first-order chi connectivity index (χ1) is 8.50. The number of benzene rings is 1. The van der Waals surface area contributed by atoms with Crippen molar-refractivity contribution in [3.8, 4) is 0 Å². The molecule has 1 aromatic rings. The van der Waals surface area contributed by atoms with E-state index in [4.69, 9.17) is 0 Å². The van der Waals surface area contributed by atoms with E-state index in [2.05, 4.69) is 37.9 Å². The molecule has 0 aliphatic carbocycles. The number of halogens is 1. The van der Waals surface area contributed by atoms with Crippen molar-refractivity contribution >= 4 is 5.69 Å². The van der Waals surface area contributed by atoms with Gasteiger partial charge in [-0.1, -0.05) is 32.9 Å². The number of anilines is 1. The van der Waals surface area contributed by atoms with Gasteiger partial charge in [0.05, 0.1) is 5.69 Å². The Balaban J connectivity index is 2.76. The Morgan fingerprint density at radius 2 is 1.89 bits per heavy atom.